The third-order valence-corrected chi connectivity index (χ3v) is 3.91. The zero-order chi connectivity index (χ0) is 18.4. The largest absolute Gasteiger partial charge is 0.495 e. The van der Waals surface area contributed by atoms with E-state index in [-0.39, 0.29) is 18.4 Å². The SMILES string of the molecule is COc1ccc(NC(C)=O)cc1NCC(=O)Nc1cccc(Cl)c1C. The van der Waals surface area contributed by atoms with E-state index < -0.39 is 0 Å². The van der Waals surface area contributed by atoms with Crippen molar-refractivity contribution in [3.05, 3.63) is 47.0 Å². The highest BCUT2D eigenvalue weighted by Gasteiger charge is 2.09. The maximum Gasteiger partial charge on any atom is 0.243 e. The first-order valence-electron chi connectivity index (χ1n) is 7.65. The molecule has 7 heteroatoms. The molecule has 0 bridgehead atoms. The van der Waals surface area contributed by atoms with Crippen molar-refractivity contribution < 1.29 is 14.3 Å². The van der Waals surface area contributed by atoms with Crippen LogP contribution in [0.3, 0.4) is 0 Å². The molecule has 2 aromatic rings. The molecule has 0 heterocycles. The van der Waals surface area contributed by atoms with Gasteiger partial charge in [0.15, 0.2) is 0 Å². The van der Waals surface area contributed by atoms with Gasteiger partial charge in [-0.05, 0) is 42.8 Å². The Bertz CT molecular complexity index is 793. The minimum absolute atomic E-state index is 0.0336. The van der Waals surface area contributed by atoms with Gasteiger partial charge in [0.25, 0.3) is 0 Å². The number of benzene rings is 2. The van der Waals surface area contributed by atoms with Crippen molar-refractivity contribution in [1.82, 2.24) is 0 Å². The van der Waals surface area contributed by atoms with Gasteiger partial charge in [-0.2, -0.15) is 0 Å². The normalized spacial score (nSPS) is 10.1. The van der Waals surface area contributed by atoms with Gasteiger partial charge in [0.2, 0.25) is 11.8 Å². The quantitative estimate of drug-likeness (QED) is 0.733. The molecule has 0 radical (unpaired) electrons. The third kappa shape index (κ3) is 5.12. The van der Waals surface area contributed by atoms with E-state index in [2.05, 4.69) is 16.0 Å². The lowest BCUT2D eigenvalue weighted by Crippen LogP contribution is -2.22. The lowest BCUT2D eigenvalue weighted by molar-refractivity contribution is -0.115. The number of amides is 2. The molecule has 6 nitrogen and oxygen atoms in total. The average molecular weight is 362 g/mol. The van der Waals surface area contributed by atoms with Gasteiger partial charge in [-0.25, -0.2) is 0 Å². The first kappa shape index (κ1) is 18.6. The summed E-state index contributed by atoms with van der Waals surface area (Å²) >= 11 is 6.05. The fraction of sp³-hybridized carbons (Fsp3) is 0.222. The highest BCUT2D eigenvalue weighted by Crippen LogP contribution is 2.28. The molecular formula is C18H20ClN3O3. The van der Waals surface area contributed by atoms with Crippen LogP contribution in [0.1, 0.15) is 12.5 Å². The van der Waals surface area contributed by atoms with Crippen molar-refractivity contribution >= 4 is 40.5 Å². The van der Waals surface area contributed by atoms with Crippen molar-refractivity contribution in [3.63, 3.8) is 0 Å². The standard InChI is InChI=1S/C18H20ClN3O3/c1-11-14(19)5-4-6-15(11)22-18(24)10-20-16-9-13(21-12(2)23)7-8-17(16)25-3/h4-9,20H,10H2,1-3H3,(H,21,23)(H,22,24). The van der Waals surface area contributed by atoms with Gasteiger partial charge in [-0.15, -0.1) is 0 Å². The lowest BCUT2D eigenvalue weighted by Gasteiger charge is -2.14. The Morgan fingerprint density at radius 1 is 1.12 bits per heavy atom. The summed E-state index contributed by atoms with van der Waals surface area (Å²) in [5, 5.41) is 9.10. The third-order valence-electron chi connectivity index (χ3n) is 3.50. The van der Waals surface area contributed by atoms with E-state index in [1.807, 2.05) is 6.92 Å². The van der Waals surface area contributed by atoms with Crippen LogP contribution in [0, 0.1) is 6.92 Å². The molecule has 0 saturated carbocycles. The smallest absolute Gasteiger partial charge is 0.243 e. The van der Waals surface area contributed by atoms with Crippen molar-refractivity contribution in [2.45, 2.75) is 13.8 Å². The van der Waals surface area contributed by atoms with Crippen LogP contribution in [0.25, 0.3) is 0 Å². The Morgan fingerprint density at radius 2 is 1.88 bits per heavy atom. The maximum atomic E-state index is 12.2. The number of rotatable bonds is 6. The molecule has 2 aromatic carbocycles. The molecule has 0 unspecified atom stereocenters. The van der Waals surface area contributed by atoms with E-state index >= 15 is 0 Å². The van der Waals surface area contributed by atoms with Crippen LogP contribution >= 0.6 is 11.6 Å². The van der Waals surface area contributed by atoms with E-state index in [9.17, 15) is 9.59 Å². The monoisotopic (exact) mass is 361 g/mol. The number of hydrogen-bond acceptors (Lipinski definition) is 4. The molecule has 3 N–H and O–H groups in total. The summed E-state index contributed by atoms with van der Waals surface area (Å²) in [6.45, 7) is 3.30. The zero-order valence-corrected chi connectivity index (χ0v) is 15.0. The van der Waals surface area contributed by atoms with Crippen LogP contribution < -0.4 is 20.7 Å². The molecule has 0 aliphatic heterocycles. The molecule has 25 heavy (non-hydrogen) atoms. The summed E-state index contributed by atoms with van der Waals surface area (Å²) in [6, 6.07) is 10.5. The lowest BCUT2D eigenvalue weighted by atomic mass is 10.2. The molecule has 0 fully saturated rings. The minimum Gasteiger partial charge on any atom is -0.495 e. The van der Waals surface area contributed by atoms with E-state index in [1.54, 1.807) is 36.4 Å². The Balaban J connectivity index is 2.05. The highest BCUT2D eigenvalue weighted by atomic mass is 35.5. The number of methoxy groups -OCH3 is 1. The highest BCUT2D eigenvalue weighted by molar-refractivity contribution is 6.31. The number of carbonyl (C=O) groups excluding carboxylic acids is 2. The fourth-order valence-electron chi connectivity index (χ4n) is 2.24. The second kappa shape index (κ2) is 8.39. The summed E-state index contributed by atoms with van der Waals surface area (Å²) < 4.78 is 5.27. The zero-order valence-electron chi connectivity index (χ0n) is 14.3. The average Bonchev–Trinajstić information content (AvgIpc) is 2.57. The molecule has 0 aromatic heterocycles. The summed E-state index contributed by atoms with van der Waals surface area (Å²) in [5.41, 5.74) is 2.69. The number of halogens is 1. The van der Waals surface area contributed by atoms with Crippen molar-refractivity contribution in [1.29, 1.82) is 0 Å². The molecule has 0 aliphatic carbocycles. The van der Waals surface area contributed by atoms with Gasteiger partial charge in [0.05, 0.1) is 19.3 Å². The first-order valence-corrected chi connectivity index (χ1v) is 8.03. The second-order valence-electron chi connectivity index (χ2n) is 5.41. The van der Waals surface area contributed by atoms with Crippen LogP contribution in [0.4, 0.5) is 17.1 Å². The molecule has 2 rings (SSSR count). The summed E-state index contributed by atoms with van der Waals surface area (Å²) in [7, 11) is 1.54. The maximum absolute atomic E-state index is 12.2. The Morgan fingerprint density at radius 3 is 2.56 bits per heavy atom. The van der Waals surface area contributed by atoms with Gasteiger partial charge in [0.1, 0.15) is 5.75 Å². The van der Waals surface area contributed by atoms with Crippen LogP contribution in [-0.2, 0) is 9.59 Å². The molecule has 0 spiro atoms. The van der Waals surface area contributed by atoms with Gasteiger partial charge < -0.3 is 20.7 Å². The number of ether oxygens (including phenoxy) is 1. The van der Waals surface area contributed by atoms with Gasteiger partial charge >= 0.3 is 0 Å². The first-order chi connectivity index (χ1) is 11.9. The van der Waals surface area contributed by atoms with Crippen molar-refractivity contribution in [2.24, 2.45) is 0 Å². The summed E-state index contributed by atoms with van der Waals surface area (Å²) in [6.07, 6.45) is 0. The predicted molar refractivity (Wildman–Crippen MR) is 101 cm³/mol. The molecular weight excluding hydrogens is 342 g/mol. The number of nitrogens with one attached hydrogen (secondary N) is 3. The molecule has 132 valence electrons. The van der Waals surface area contributed by atoms with Crippen molar-refractivity contribution in [2.75, 3.05) is 29.6 Å². The summed E-state index contributed by atoms with van der Waals surface area (Å²) in [4.78, 5) is 23.4. The Kier molecular flexibility index (Phi) is 6.25. The van der Waals surface area contributed by atoms with E-state index in [0.717, 1.165) is 5.56 Å². The fourth-order valence-corrected chi connectivity index (χ4v) is 2.41. The topological polar surface area (TPSA) is 79.5 Å². The van der Waals surface area contributed by atoms with Gasteiger partial charge in [-0.3, -0.25) is 9.59 Å². The number of carbonyl (C=O) groups is 2. The van der Waals surface area contributed by atoms with Crippen LogP contribution in [-0.4, -0.2) is 25.5 Å². The van der Waals surface area contributed by atoms with Crippen LogP contribution in [0.5, 0.6) is 5.75 Å². The Labute approximate surface area is 151 Å². The number of hydrogen-bond donors (Lipinski definition) is 3. The predicted octanol–water partition coefficient (Wildman–Crippen LogP) is 3.67. The van der Waals surface area contributed by atoms with Gasteiger partial charge in [-0.1, -0.05) is 17.7 Å². The second-order valence-corrected chi connectivity index (χ2v) is 5.82. The number of anilines is 3. The summed E-state index contributed by atoms with van der Waals surface area (Å²) in [5.74, 6) is 0.170. The molecule has 0 aliphatic rings. The molecule has 0 atom stereocenters. The Hall–Kier alpha value is -2.73. The van der Waals surface area contributed by atoms with Crippen LogP contribution in [0.15, 0.2) is 36.4 Å². The van der Waals surface area contributed by atoms with Gasteiger partial charge in [0, 0.05) is 23.3 Å². The van der Waals surface area contributed by atoms with Crippen LogP contribution in [0.2, 0.25) is 5.02 Å². The van der Waals surface area contributed by atoms with E-state index in [0.29, 0.717) is 27.8 Å². The molecule has 2 amide bonds. The molecule has 0 saturated heterocycles. The van der Waals surface area contributed by atoms with Crippen molar-refractivity contribution in [3.8, 4) is 5.75 Å². The minimum atomic E-state index is -0.225. The van der Waals surface area contributed by atoms with E-state index in [1.165, 1.54) is 14.0 Å². The van der Waals surface area contributed by atoms with E-state index in [4.69, 9.17) is 16.3 Å².